The molecule has 5 heteroatoms. The van der Waals surface area contributed by atoms with Crippen LogP contribution in [0.15, 0.2) is 48.5 Å². The Kier molecular flexibility index (Phi) is 9.10. The molecule has 2 rings (SSSR count). The lowest BCUT2D eigenvalue weighted by Gasteiger charge is -2.09. The predicted octanol–water partition coefficient (Wildman–Crippen LogP) is 3.99. The van der Waals surface area contributed by atoms with Crippen molar-refractivity contribution >= 4 is 12.4 Å². The number of ether oxygens (including phenoxy) is 2. The molecule has 0 aliphatic heterocycles. The van der Waals surface area contributed by atoms with Gasteiger partial charge in [0.25, 0.3) is 0 Å². The topological polar surface area (TPSA) is 30.5 Å². The molecule has 0 heterocycles. The summed E-state index contributed by atoms with van der Waals surface area (Å²) in [5.74, 6) is 1.35. The minimum atomic E-state index is -0.248. The van der Waals surface area contributed by atoms with E-state index in [0.29, 0.717) is 19.0 Å². The average Bonchev–Trinajstić information content (AvgIpc) is 2.53. The number of hydrogen-bond acceptors (Lipinski definition) is 3. The molecule has 0 atom stereocenters. The summed E-state index contributed by atoms with van der Waals surface area (Å²) in [4.78, 5) is 0. The van der Waals surface area contributed by atoms with Crippen LogP contribution in [0.4, 0.5) is 4.39 Å². The Balaban J connectivity index is 0.00000264. The van der Waals surface area contributed by atoms with Crippen molar-refractivity contribution in [2.24, 2.45) is 0 Å². The van der Waals surface area contributed by atoms with Gasteiger partial charge in [0.1, 0.15) is 23.9 Å². The lowest BCUT2D eigenvalue weighted by molar-refractivity contribution is 0.294. The van der Waals surface area contributed by atoms with Crippen molar-refractivity contribution in [1.29, 1.82) is 0 Å². The zero-order chi connectivity index (χ0) is 15.6. The second kappa shape index (κ2) is 10.9. The van der Waals surface area contributed by atoms with Crippen molar-refractivity contribution in [3.8, 4) is 11.5 Å². The van der Waals surface area contributed by atoms with Crippen molar-refractivity contribution in [3.05, 3.63) is 59.9 Å². The molecule has 0 amide bonds. The van der Waals surface area contributed by atoms with E-state index in [2.05, 4.69) is 12.2 Å². The van der Waals surface area contributed by atoms with E-state index in [-0.39, 0.29) is 18.2 Å². The number of halogens is 2. The molecule has 2 aromatic rings. The van der Waals surface area contributed by atoms with Gasteiger partial charge in [0.2, 0.25) is 0 Å². The van der Waals surface area contributed by atoms with Crippen LogP contribution in [0.2, 0.25) is 0 Å². The molecule has 1 N–H and O–H groups in total. The van der Waals surface area contributed by atoms with E-state index >= 15 is 0 Å². The van der Waals surface area contributed by atoms with Crippen molar-refractivity contribution < 1.29 is 13.9 Å². The highest BCUT2D eigenvalue weighted by Crippen LogP contribution is 2.11. The molecule has 0 unspecified atom stereocenters. The van der Waals surface area contributed by atoms with Crippen molar-refractivity contribution in [1.82, 2.24) is 5.32 Å². The number of nitrogens with one attached hydrogen (secondary N) is 1. The first-order chi connectivity index (χ1) is 10.7. The molecule has 0 radical (unpaired) electrons. The normalized spacial score (nSPS) is 10.0. The third kappa shape index (κ3) is 7.86. The molecular weight excluding hydrogens is 317 g/mol. The Hall–Kier alpha value is -1.78. The van der Waals surface area contributed by atoms with Gasteiger partial charge >= 0.3 is 0 Å². The molecule has 0 spiro atoms. The van der Waals surface area contributed by atoms with E-state index < -0.39 is 0 Å². The van der Waals surface area contributed by atoms with E-state index in [9.17, 15) is 4.39 Å². The van der Waals surface area contributed by atoms with Crippen molar-refractivity contribution in [2.45, 2.75) is 13.3 Å². The van der Waals surface area contributed by atoms with Crippen molar-refractivity contribution in [3.63, 3.8) is 0 Å². The minimum absolute atomic E-state index is 0. The van der Waals surface area contributed by atoms with Gasteiger partial charge in [-0.1, -0.05) is 17.7 Å². The molecule has 23 heavy (non-hydrogen) atoms. The maximum atomic E-state index is 12.7. The maximum Gasteiger partial charge on any atom is 0.123 e. The molecular formula is C18H23ClFNO2. The molecule has 0 bridgehead atoms. The fraction of sp³-hybridized carbons (Fsp3) is 0.333. The molecule has 2 aromatic carbocycles. The highest BCUT2D eigenvalue weighted by Gasteiger charge is 1.96. The first-order valence-corrected chi connectivity index (χ1v) is 7.52. The minimum Gasteiger partial charge on any atom is -0.494 e. The molecule has 0 fully saturated rings. The lowest BCUT2D eigenvalue weighted by atomic mass is 10.2. The lowest BCUT2D eigenvalue weighted by Crippen LogP contribution is -2.23. The van der Waals surface area contributed by atoms with E-state index in [0.717, 1.165) is 25.3 Å². The largest absolute Gasteiger partial charge is 0.494 e. The van der Waals surface area contributed by atoms with Crippen LogP contribution in [-0.4, -0.2) is 26.3 Å². The highest BCUT2D eigenvalue weighted by molar-refractivity contribution is 5.85. The first-order valence-electron chi connectivity index (χ1n) is 7.52. The van der Waals surface area contributed by atoms with E-state index in [1.54, 1.807) is 12.1 Å². The number of rotatable bonds is 9. The average molecular weight is 340 g/mol. The second-order valence-corrected chi connectivity index (χ2v) is 5.07. The Bertz CT molecular complexity index is 494. The molecule has 0 saturated heterocycles. The van der Waals surface area contributed by atoms with E-state index in [1.807, 2.05) is 24.3 Å². The van der Waals surface area contributed by atoms with Crippen LogP contribution in [-0.2, 0) is 0 Å². The van der Waals surface area contributed by atoms with Crippen LogP contribution in [0.5, 0.6) is 11.5 Å². The maximum absolute atomic E-state index is 12.7. The quantitative estimate of drug-likeness (QED) is 0.701. The zero-order valence-electron chi connectivity index (χ0n) is 13.3. The van der Waals surface area contributed by atoms with Crippen LogP contribution in [0.1, 0.15) is 12.0 Å². The number of hydrogen-bond donors (Lipinski definition) is 1. The summed E-state index contributed by atoms with van der Waals surface area (Å²) < 4.78 is 23.8. The van der Waals surface area contributed by atoms with Crippen LogP contribution < -0.4 is 14.8 Å². The van der Waals surface area contributed by atoms with Gasteiger partial charge in [-0.25, -0.2) is 4.39 Å². The third-order valence-corrected chi connectivity index (χ3v) is 3.15. The molecule has 0 saturated carbocycles. The van der Waals surface area contributed by atoms with Gasteiger partial charge in [0.05, 0.1) is 6.61 Å². The van der Waals surface area contributed by atoms with Crippen LogP contribution in [0.25, 0.3) is 0 Å². The van der Waals surface area contributed by atoms with Gasteiger partial charge in [-0.15, -0.1) is 12.4 Å². The SMILES string of the molecule is Cc1ccc(OCCNCCCOc2ccc(F)cc2)cc1.Cl. The van der Waals surface area contributed by atoms with Gasteiger partial charge in [-0.2, -0.15) is 0 Å². The molecule has 0 aliphatic carbocycles. The van der Waals surface area contributed by atoms with Gasteiger partial charge < -0.3 is 14.8 Å². The fourth-order valence-electron chi connectivity index (χ4n) is 1.92. The Morgan fingerprint density at radius 1 is 0.826 bits per heavy atom. The van der Waals surface area contributed by atoms with Crippen LogP contribution in [0.3, 0.4) is 0 Å². The Morgan fingerprint density at radius 2 is 1.39 bits per heavy atom. The molecule has 0 aliphatic rings. The molecule has 0 aromatic heterocycles. The number of aryl methyl sites for hydroxylation is 1. The summed E-state index contributed by atoms with van der Waals surface area (Å²) in [6, 6.07) is 14.1. The first kappa shape index (κ1) is 19.3. The molecule has 3 nitrogen and oxygen atoms in total. The van der Waals surface area contributed by atoms with Crippen molar-refractivity contribution in [2.75, 3.05) is 26.3 Å². The third-order valence-electron chi connectivity index (χ3n) is 3.15. The van der Waals surface area contributed by atoms with Gasteiger partial charge in [-0.3, -0.25) is 0 Å². The summed E-state index contributed by atoms with van der Waals surface area (Å²) in [7, 11) is 0. The standard InChI is InChI=1S/C18H22FNO2.ClH/c1-15-3-7-17(8-4-15)22-14-12-20-11-2-13-21-18-9-5-16(19)6-10-18;/h3-10,20H,2,11-14H2,1H3;1H. The van der Waals surface area contributed by atoms with Gasteiger partial charge in [0, 0.05) is 6.54 Å². The predicted molar refractivity (Wildman–Crippen MR) is 93.3 cm³/mol. The monoisotopic (exact) mass is 339 g/mol. The zero-order valence-corrected chi connectivity index (χ0v) is 14.1. The Labute approximate surface area is 143 Å². The Morgan fingerprint density at radius 3 is 2.04 bits per heavy atom. The summed E-state index contributed by atoms with van der Waals surface area (Å²) in [5.41, 5.74) is 1.23. The highest BCUT2D eigenvalue weighted by atomic mass is 35.5. The van der Waals surface area contributed by atoms with E-state index in [4.69, 9.17) is 9.47 Å². The summed E-state index contributed by atoms with van der Waals surface area (Å²) in [5, 5.41) is 3.30. The van der Waals surface area contributed by atoms with Gasteiger partial charge in [0.15, 0.2) is 0 Å². The summed E-state index contributed by atoms with van der Waals surface area (Å²) in [6.07, 6.45) is 0.891. The van der Waals surface area contributed by atoms with E-state index in [1.165, 1.54) is 17.7 Å². The smallest absolute Gasteiger partial charge is 0.123 e. The van der Waals surface area contributed by atoms with Crippen LogP contribution >= 0.6 is 12.4 Å². The molecule has 126 valence electrons. The summed E-state index contributed by atoms with van der Waals surface area (Å²) >= 11 is 0. The van der Waals surface area contributed by atoms with Crippen LogP contribution in [0, 0.1) is 12.7 Å². The van der Waals surface area contributed by atoms with Gasteiger partial charge in [-0.05, 0) is 56.3 Å². The fourth-order valence-corrected chi connectivity index (χ4v) is 1.92. The number of benzene rings is 2. The summed E-state index contributed by atoms with van der Waals surface area (Å²) in [6.45, 7) is 4.96. The second-order valence-electron chi connectivity index (χ2n) is 5.07.